The molecule has 1 N–H and O–H groups in total. The van der Waals surface area contributed by atoms with Gasteiger partial charge in [0, 0.05) is 23.0 Å². The third-order valence-corrected chi connectivity index (χ3v) is 5.29. The summed E-state index contributed by atoms with van der Waals surface area (Å²) in [5, 5.41) is 3.64. The van der Waals surface area contributed by atoms with E-state index in [4.69, 9.17) is 21.7 Å². The number of allylic oxidation sites excluding steroid dienone is 1. The van der Waals surface area contributed by atoms with Crippen molar-refractivity contribution in [3.05, 3.63) is 75.7 Å². The Balaban J connectivity index is 2.06. The van der Waals surface area contributed by atoms with Crippen LogP contribution in [-0.2, 0) is 14.3 Å². The van der Waals surface area contributed by atoms with Crippen molar-refractivity contribution in [2.75, 3.05) is 25.2 Å². The first-order chi connectivity index (χ1) is 13.9. The molecule has 0 aromatic heterocycles. The lowest BCUT2D eigenvalue weighted by molar-refractivity contribution is -0.140. The fraction of sp³-hybridized carbons (Fsp3) is 0.238. The standard InChI is InChI=1S/C21H20BrFN2O3S/c1-13-18(20(26)28-11-10-27-2)19(14-6-8-16(23)9-7-14)24-21(29)25(13)17-5-3-4-15(22)12-17/h3-9,12,19H,10-11H2,1-2H3,(H,24,29). The SMILES string of the molecule is COCCOC(=O)C1=C(C)N(c2cccc(Br)c2)C(=S)NC1c1ccc(F)cc1. The van der Waals surface area contributed by atoms with E-state index in [1.54, 1.807) is 17.0 Å². The lowest BCUT2D eigenvalue weighted by Gasteiger charge is -2.37. The molecule has 8 heteroatoms. The average Bonchev–Trinajstić information content (AvgIpc) is 2.68. The van der Waals surface area contributed by atoms with Crippen LogP contribution in [0.25, 0.3) is 0 Å². The van der Waals surface area contributed by atoms with Crippen LogP contribution in [0.5, 0.6) is 0 Å². The number of hydrogen-bond donors (Lipinski definition) is 1. The largest absolute Gasteiger partial charge is 0.460 e. The molecule has 0 bridgehead atoms. The normalized spacial score (nSPS) is 16.6. The van der Waals surface area contributed by atoms with Crippen LogP contribution in [-0.4, -0.2) is 31.4 Å². The zero-order valence-corrected chi connectivity index (χ0v) is 18.3. The Morgan fingerprint density at radius 2 is 1.97 bits per heavy atom. The van der Waals surface area contributed by atoms with Gasteiger partial charge in [-0.1, -0.05) is 34.1 Å². The van der Waals surface area contributed by atoms with Crippen molar-refractivity contribution in [2.45, 2.75) is 13.0 Å². The smallest absolute Gasteiger partial charge is 0.338 e. The second-order valence-electron chi connectivity index (χ2n) is 6.38. The Morgan fingerprint density at radius 1 is 1.24 bits per heavy atom. The molecule has 0 saturated carbocycles. The summed E-state index contributed by atoms with van der Waals surface area (Å²) in [6.07, 6.45) is 0. The van der Waals surface area contributed by atoms with E-state index in [2.05, 4.69) is 21.2 Å². The topological polar surface area (TPSA) is 50.8 Å². The first kappa shape index (κ1) is 21.4. The maximum Gasteiger partial charge on any atom is 0.338 e. The van der Waals surface area contributed by atoms with Gasteiger partial charge in [0.25, 0.3) is 0 Å². The summed E-state index contributed by atoms with van der Waals surface area (Å²) in [5.74, 6) is -0.836. The number of benzene rings is 2. The number of esters is 1. The van der Waals surface area contributed by atoms with Gasteiger partial charge in [0.15, 0.2) is 5.11 Å². The molecular weight excluding hydrogens is 459 g/mol. The number of rotatable bonds is 6. The van der Waals surface area contributed by atoms with E-state index < -0.39 is 12.0 Å². The maximum atomic E-state index is 13.4. The third-order valence-electron chi connectivity index (χ3n) is 4.50. The zero-order chi connectivity index (χ0) is 21.0. The van der Waals surface area contributed by atoms with Crippen molar-refractivity contribution in [1.29, 1.82) is 0 Å². The number of thiocarbonyl (C=S) groups is 1. The Morgan fingerprint density at radius 3 is 2.62 bits per heavy atom. The molecule has 0 aliphatic carbocycles. The molecule has 0 spiro atoms. The molecule has 2 aromatic rings. The lowest BCUT2D eigenvalue weighted by Crippen LogP contribution is -2.48. The first-order valence-electron chi connectivity index (χ1n) is 8.91. The Bertz CT molecular complexity index is 949. The number of anilines is 1. The number of carbonyl (C=O) groups excluding carboxylic acids is 1. The number of ether oxygens (including phenoxy) is 2. The van der Waals surface area contributed by atoms with Gasteiger partial charge in [0.05, 0.1) is 18.2 Å². The van der Waals surface area contributed by atoms with Crippen molar-refractivity contribution in [3.8, 4) is 0 Å². The van der Waals surface area contributed by atoms with Crippen LogP contribution < -0.4 is 10.2 Å². The predicted octanol–water partition coefficient (Wildman–Crippen LogP) is 4.49. The van der Waals surface area contributed by atoms with Crippen LogP contribution in [0.3, 0.4) is 0 Å². The van der Waals surface area contributed by atoms with Crippen LogP contribution in [0.4, 0.5) is 10.1 Å². The molecule has 0 saturated heterocycles. The summed E-state index contributed by atoms with van der Waals surface area (Å²) in [6, 6.07) is 13.0. The molecule has 152 valence electrons. The molecule has 29 heavy (non-hydrogen) atoms. The third kappa shape index (κ3) is 4.83. The van der Waals surface area contributed by atoms with Crippen LogP contribution in [0, 0.1) is 5.82 Å². The average molecular weight is 479 g/mol. The molecule has 3 rings (SSSR count). The van der Waals surface area contributed by atoms with Crippen molar-refractivity contribution in [3.63, 3.8) is 0 Å². The van der Waals surface area contributed by atoms with E-state index in [-0.39, 0.29) is 12.4 Å². The summed E-state index contributed by atoms with van der Waals surface area (Å²) in [6.45, 7) is 2.24. The molecule has 1 atom stereocenters. The Hall–Kier alpha value is -2.29. The second-order valence-corrected chi connectivity index (χ2v) is 7.68. The van der Waals surface area contributed by atoms with Gasteiger partial charge >= 0.3 is 5.97 Å². The van der Waals surface area contributed by atoms with Crippen molar-refractivity contribution < 1.29 is 18.7 Å². The highest BCUT2D eigenvalue weighted by Crippen LogP contribution is 2.35. The van der Waals surface area contributed by atoms with E-state index >= 15 is 0 Å². The number of hydrogen-bond acceptors (Lipinski definition) is 4. The quantitative estimate of drug-likeness (QED) is 0.375. The van der Waals surface area contributed by atoms with Gasteiger partial charge < -0.3 is 14.8 Å². The van der Waals surface area contributed by atoms with E-state index in [0.29, 0.717) is 28.6 Å². The van der Waals surface area contributed by atoms with E-state index in [0.717, 1.165) is 10.2 Å². The van der Waals surface area contributed by atoms with Gasteiger partial charge in [0.2, 0.25) is 0 Å². The van der Waals surface area contributed by atoms with Crippen molar-refractivity contribution >= 4 is 44.9 Å². The highest BCUT2D eigenvalue weighted by molar-refractivity contribution is 9.10. The lowest BCUT2D eigenvalue weighted by atomic mass is 9.94. The monoisotopic (exact) mass is 478 g/mol. The van der Waals surface area contributed by atoms with Gasteiger partial charge in [-0.25, -0.2) is 9.18 Å². The summed E-state index contributed by atoms with van der Waals surface area (Å²) in [5.41, 5.74) is 2.56. The summed E-state index contributed by atoms with van der Waals surface area (Å²) in [4.78, 5) is 14.7. The minimum absolute atomic E-state index is 0.129. The van der Waals surface area contributed by atoms with Crippen LogP contribution in [0.2, 0.25) is 0 Å². The van der Waals surface area contributed by atoms with Crippen LogP contribution >= 0.6 is 28.1 Å². The molecule has 1 aliphatic heterocycles. The fourth-order valence-electron chi connectivity index (χ4n) is 3.13. The maximum absolute atomic E-state index is 13.4. The Labute approximate surface area is 182 Å². The van der Waals surface area contributed by atoms with Gasteiger partial charge in [-0.2, -0.15) is 0 Å². The van der Waals surface area contributed by atoms with E-state index in [1.165, 1.54) is 19.2 Å². The molecule has 0 amide bonds. The fourth-order valence-corrected chi connectivity index (χ4v) is 3.88. The molecule has 5 nitrogen and oxygen atoms in total. The predicted molar refractivity (Wildman–Crippen MR) is 117 cm³/mol. The molecule has 2 aromatic carbocycles. The molecule has 1 unspecified atom stereocenters. The van der Waals surface area contributed by atoms with Crippen molar-refractivity contribution in [2.24, 2.45) is 0 Å². The van der Waals surface area contributed by atoms with Gasteiger partial charge in [0.1, 0.15) is 12.4 Å². The van der Waals surface area contributed by atoms with E-state index in [1.807, 2.05) is 31.2 Å². The number of methoxy groups -OCH3 is 1. The molecule has 0 radical (unpaired) electrons. The van der Waals surface area contributed by atoms with Crippen LogP contribution in [0.1, 0.15) is 18.5 Å². The van der Waals surface area contributed by atoms with Gasteiger partial charge in [-0.15, -0.1) is 0 Å². The second kappa shape index (κ2) is 9.47. The molecule has 1 aliphatic rings. The number of halogens is 2. The van der Waals surface area contributed by atoms with Gasteiger partial charge in [-0.05, 0) is 55.0 Å². The van der Waals surface area contributed by atoms with Crippen molar-refractivity contribution in [1.82, 2.24) is 5.32 Å². The number of carbonyl (C=O) groups is 1. The Kier molecular flexibility index (Phi) is 7.00. The summed E-state index contributed by atoms with van der Waals surface area (Å²) in [7, 11) is 1.54. The summed E-state index contributed by atoms with van der Waals surface area (Å²) < 4.78 is 24.7. The molecular formula is C21H20BrFN2O3S. The highest BCUT2D eigenvalue weighted by Gasteiger charge is 2.35. The minimum atomic E-state index is -0.554. The van der Waals surface area contributed by atoms with Gasteiger partial charge in [-0.3, -0.25) is 4.90 Å². The summed E-state index contributed by atoms with van der Waals surface area (Å²) >= 11 is 9.06. The molecule has 1 heterocycles. The first-order valence-corrected chi connectivity index (χ1v) is 10.1. The van der Waals surface area contributed by atoms with E-state index in [9.17, 15) is 9.18 Å². The number of nitrogens with one attached hydrogen (secondary N) is 1. The highest BCUT2D eigenvalue weighted by atomic mass is 79.9. The zero-order valence-electron chi connectivity index (χ0n) is 15.9. The molecule has 0 fully saturated rings. The number of nitrogens with zero attached hydrogens (tertiary/aromatic N) is 1. The minimum Gasteiger partial charge on any atom is -0.460 e. The van der Waals surface area contributed by atoms with Crippen LogP contribution in [0.15, 0.2) is 64.3 Å².